The predicted octanol–water partition coefficient (Wildman–Crippen LogP) is 2.86. The molecule has 0 saturated carbocycles. The molecule has 3 aromatic rings. The van der Waals surface area contributed by atoms with E-state index in [1.54, 1.807) is 25.2 Å². The lowest BCUT2D eigenvalue weighted by Crippen LogP contribution is -2.48. The van der Waals surface area contributed by atoms with Crippen LogP contribution in [0.3, 0.4) is 0 Å². The summed E-state index contributed by atoms with van der Waals surface area (Å²) in [6.45, 7) is 0.603. The smallest absolute Gasteiger partial charge is 0.274 e. The fourth-order valence-electron chi connectivity index (χ4n) is 5.51. The molecule has 35 heavy (non-hydrogen) atoms. The highest BCUT2D eigenvalue weighted by Crippen LogP contribution is 2.49. The molecule has 3 heterocycles. The van der Waals surface area contributed by atoms with E-state index < -0.39 is 0 Å². The first-order valence-electron chi connectivity index (χ1n) is 11.8. The van der Waals surface area contributed by atoms with E-state index in [0.29, 0.717) is 17.8 Å². The Morgan fingerprint density at radius 3 is 2.63 bits per heavy atom. The minimum Gasteiger partial charge on any atom is -0.394 e. The van der Waals surface area contributed by atoms with Crippen molar-refractivity contribution < 1.29 is 14.7 Å². The number of carbonyl (C=O) groups is 2. The van der Waals surface area contributed by atoms with Crippen molar-refractivity contribution in [2.75, 3.05) is 39.2 Å². The fraction of sp³-hybridized carbons (Fsp3) is 0.333. The van der Waals surface area contributed by atoms with Crippen LogP contribution in [0.1, 0.15) is 38.9 Å². The number of rotatable bonds is 4. The van der Waals surface area contributed by atoms with Crippen molar-refractivity contribution in [2.45, 2.75) is 18.5 Å². The number of hydrogen-bond acceptors (Lipinski definition) is 6. The van der Waals surface area contributed by atoms with Crippen molar-refractivity contribution in [2.24, 2.45) is 5.92 Å². The molecule has 8 nitrogen and oxygen atoms in total. The molecule has 0 spiro atoms. The Bertz CT molecular complexity index is 1260. The summed E-state index contributed by atoms with van der Waals surface area (Å²) in [4.78, 5) is 39.8. The third kappa shape index (κ3) is 3.93. The van der Waals surface area contributed by atoms with Gasteiger partial charge < -0.3 is 19.8 Å². The quantitative estimate of drug-likeness (QED) is 0.629. The topological polar surface area (TPSA) is 89.9 Å². The van der Waals surface area contributed by atoms with Gasteiger partial charge in [0.2, 0.25) is 0 Å². The van der Waals surface area contributed by atoms with Gasteiger partial charge in [0.05, 0.1) is 24.9 Å². The van der Waals surface area contributed by atoms with Crippen molar-refractivity contribution in [1.29, 1.82) is 0 Å². The van der Waals surface area contributed by atoms with Crippen molar-refractivity contribution in [3.05, 3.63) is 77.9 Å². The molecule has 2 aromatic carbocycles. The van der Waals surface area contributed by atoms with Crippen molar-refractivity contribution in [1.82, 2.24) is 19.8 Å². The number of hydrogen-bond donors (Lipinski definition) is 1. The first-order valence-corrected chi connectivity index (χ1v) is 11.8. The summed E-state index contributed by atoms with van der Waals surface area (Å²) in [7, 11) is 5.48. The second kappa shape index (κ2) is 9.11. The summed E-state index contributed by atoms with van der Waals surface area (Å²) in [6.07, 6.45) is 5.37. The molecule has 2 aliphatic rings. The number of fused-ring (bicyclic) bond motifs is 3. The minimum atomic E-state index is -0.181. The van der Waals surface area contributed by atoms with Crippen LogP contribution in [0.15, 0.2) is 61.1 Å². The monoisotopic (exact) mass is 471 g/mol. The zero-order chi connectivity index (χ0) is 24.7. The van der Waals surface area contributed by atoms with Crippen LogP contribution in [-0.2, 0) is 0 Å². The van der Waals surface area contributed by atoms with Gasteiger partial charge in [0.15, 0.2) is 0 Å². The van der Waals surface area contributed by atoms with E-state index in [0.717, 1.165) is 28.8 Å². The first-order chi connectivity index (χ1) is 16.9. The first kappa shape index (κ1) is 23.0. The molecule has 5 rings (SSSR count). The summed E-state index contributed by atoms with van der Waals surface area (Å²) in [6, 6.07) is 13.5. The van der Waals surface area contributed by atoms with Gasteiger partial charge in [-0.15, -0.1) is 0 Å². The molecule has 3 atom stereocenters. The lowest BCUT2D eigenvalue weighted by atomic mass is 9.81. The van der Waals surface area contributed by atoms with E-state index in [4.69, 9.17) is 0 Å². The van der Waals surface area contributed by atoms with E-state index in [2.05, 4.69) is 20.9 Å². The number of carbonyl (C=O) groups excluding carboxylic acids is 2. The second-order valence-corrected chi connectivity index (χ2v) is 9.40. The van der Waals surface area contributed by atoms with Gasteiger partial charge in [0, 0.05) is 57.3 Å². The van der Waals surface area contributed by atoms with Gasteiger partial charge in [0.25, 0.3) is 11.8 Å². The normalized spacial score (nSPS) is 20.9. The molecule has 8 heteroatoms. The Morgan fingerprint density at radius 2 is 1.91 bits per heavy atom. The van der Waals surface area contributed by atoms with Crippen molar-refractivity contribution in [3.63, 3.8) is 0 Å². The van der Waals surface area contributed by atoms with E-state index in [9.17, 15) is 14.7 Å². The molecule has 0 radical (unpaired) electrons. The summed E-state index contributed by atoms with van der Waals surface area (Å²) in [5.74, 6) is -0.108. The van der Waals surface area contributed by atoms with Gasteiger partial charge in [-0.25, -0.2) is 4.98 Å². The summed E-state index contributed by atoms with van der Waals surface area (Å²) < 4.78 is 0. The number of benzene rings is 2. The van der Waals surface area contributed by atoms with Crippen LogP contribution in [0.5, 0.6) is 0 Å². The van der Waals surface area contributed by atoms with Gasteiger partial charge in [0.1, 0.15) is 5.69 Å². The molecule has 1 fully saturated rings. The largest absolute Gasteiger partial charge is 0.394 e. The Kier molecular flexibility index (Phi) is 5.98. The van der Waals surface area contributed by atoms with Crippen LogP contribution in [0, 0.1) is 5.92 Å². The van der Waals surface area contributed by atoms with Crippen LogP contribution in [0.2, 0.25) is 0 Å². The predicted molar refractivity (Wildman–Crippen MR) is 133 cm³/mol. The van der Waals surface area contributed by atoms with E-state index in [1.165, 1.54) is 12.4 Å². The number of likely N-dealkylation sites (tertiary alicyclic amines) is 1. The zero-order valence-electron chi connectivity index (χ0n) is 20.1. The highest BCUT2D eigenvalue weighted by molar-refractivity contribution is 5.95. The van der Waals surface area contributed by atoms with Gasteiger partial charge in [-0.2, -0.15) is 0 Å². The maximum atomic E-state index is 13.4. The molecule has 180 valence electrons. The van der Waals surface area contributed by atoms with Crippen LogP contribution in [0.25, 0.3) is 11.1 Å². The van der Waals surface area contributed by atoms with Gasteiger partial charge in [-0.1, -0.05) is 18.2 Å². The maximum absolute atomic E-state index is 13.4. The number of aliphatic hydroxyl groups excluding tert-OH is 1. The van der Waals surface area contributed by atoms with Crippen molar-refractivity contribution in [3.8, 4) is 11.1 Å². The van der Waals surface area contributed by atoms with Crippen LogP contribution in [0.4, 0.5) is 5.69 Å². The SMILES string of the molecule is CN(C)C(=O)c1cccc(-c2ccc3c(c2)[C@H]2[C@H](CCN2C(=O)c2cnccn2)[C@H](CO)N3C)c1. The highest BCUT2D eigenvalue weighted by Gasteiger charge is 2.48. The number of nitrogens with zero attached hydrogens (tertiary/aromatic N) is 5. The average molecular weight is 472 g/mol. The summed E-state index contributed by atoms with van der Waals surface area (Å²) in [5, 5.41) is 10.2. The van der Waals surface area contributed by atoms with E-state index in [1.807, 2.05) is 48.3 Å². The number of anilines is 1. The number of amides is 2. The Morgan fingerprint density at radius 1 is 1.11 bits per heavy atom. The van der Waals surface area contributed by atoms with Gasteiger partial charge >= 0.3 is 0 Å². The molecule has 1 aromatic heterocycles. The number of aromatic nitrogens is 2. The van der Waals surface area contributed by atoms with Crippen LogP contribution < -0.4 is 4.90 Å². The van der Waals surface area contributed by atoms with Crippen LogP contribution in [-0.4, -0.2) is 77.0 Å². The number of likely N-dealkylation sites (N-methyl/N-ethyl adjacent to an activating group) is 1. The molecule has 2 amide bonds. The molecule has 2 aliphatic heterocycles. The van der Waals surface area contributed by atoms with Crippen LogP contribution >= 0.6 is 0 Å². The fourth-order valence-corrected chi connectivity index (χ4v) is 5.51. The molecule has 0 unspecified atom stereocenters. The maximum Gasteiger partial charge on any atom is 0.274 e. The molecular formula is C27H29N5O3. The van der Waals surface area contributed by atoms with E-state index in [-0.39, 0.29) is 36.4 Å². The molecule has 1 N–H and O–H groups in total. The Labute approximate surface area is 204 Å². The molecule has 0 bridgehead atoms. The average Bonchev–Trinajstić information content (AvgIpc) is 3.33. The standard InChI is InChI=1S/C27H29N5O3/c1-30(2)26(34)19-6-4-5-17(13-19)18-7-8-23-21(14-18)25-20(24(16-33)31(23)3)9-12-32(25)27(35)22-15-28-10-11-29-22/h4-8,10-11,13-15,20,24-25,33H,9,12,16H2,1-3H3/t20-,24+,25-/m1/s1. The van der Waals surface area contributed by atoms with Gasteiger partial charge in [-0.3, -0.25) is 14.6 Å². The Hall–Kier alpha value is -3.78. The van der Waals surface area contributed by atoms with Crippen molar-refractivity contribution >= 4 is 17.5 Å². The lowest BCUT2D eigenvalue weighted by molar-refractivity contribution is 0.0687. The zero-order valence-corrected chi connectivity index (χ0v) is 20.1. The molecule has 1 saturated heterocycles. The van der Waals surface area contributed by atoms with Gasteiger partial charge in [-0.05, 0) is 47.4 Å². The Balaban J connectivity index is 1.59. The molecule has 0 aliphatic carbocycles. The highest BCUT2D eigenvalue weighted by atomic mass is 16.3. The second-order valence-electron chi connectivity index (χ2n) is 9.40. The minimum absolute atomic E-state index is 0.0146. The number of aliphatic hydroxyl groups is 1. The summed E-state index contributed by atoms with van der Waals surface area (Å²) in [5.41, 5.74) is 4.90. The third-order valence-corrected chi connectivity index (χ3v) is 7.24. The summed E-state index contributed by atoms with van der Waals surface area (Å²) >= 11 is 0. The van der Waals surface area contributed by atoms with E-state index >= 15 is 0 Å². The molecular weight excluding hydrogens is 442 g/mol. The lowest BCUT2D eigenvalue weighted by Gasteiger charge is -2.44. The third-order valence-electron chi connectivity index (χ3n) is 7.24.